The van der Waals surface area contributed by atoms with Gasteiger partial charge in [0.15, 0.2) is 0 Å². The number of ether oxygens (including phenoxy) is 1. The van der Waals surface area contributed by atoms with E-state index >= 15 is 0 Å². The summed E-state index contributed by atoms with van der Waals surface area (Å²) in [5, 5.41) is 0. The van der Waals surface area contributed by atoms with Crippen LogP contribution in [0.2, 0.25) is 0 Å². The monoisotopic (exact) mass is 397 g/mol. The summed E-state index contributed by atoms with van der Waals surface area (Å²) in [4.78, 5) is 0.281. The zero-order valence-corrected chi connectivity index (χ0v) is 17.2. The van der Waals surface area contributed by atoms with Crippen molar-refractivity contribution in [1.82, 2.24) is 4.31 Å². The van der Waals surface area contributed by atoms with Crippen LogP contribution in [0.4, 0.5) is 0 Å². The summed E-state index contributed by atoms with van der Waals surface area (Å²) in [7, 11) is -3.73. The molecule has 1 aliphatic rings. The van der Waals surface area contributed by atoms with Gasteiger partial charge in [0.25, 0.3) is 0 Å². The van der Waals surface area contributed by atoms with Crippen LogP contribution in [0.15, 0.2) is 78.4 Å². The molecular weight excluding hydrogens is 370 g/mol. The molecule has 0 spiro atoms. The predicted molar refractivity (Wildman–Crippen MR) is 112 cm³/mol. The first kappa shape index (κ1) is 20.4. The van der Waals surface area contributed by atoms with Gasteiger partial charge >= 0.3 is 0 Å². The van der Waals surface area contributed by atoms with Crippen molar-refractivity contribution >= 4 is 10.0 Å². The Hall–Kier alpha value is -2.37. The highest BCUT2D eigenvalue weighted by Gasteiger charge is 2.43. The summed E-state index contributed by atoms with van der Waals surface area (Å²) >= 11 is 0. The van der Waals surface area contributed by atoms with Crippen LogP contribution in [0.3, 0.4) is 0 Å². The summed E-state index contributed by atoms with van der Waals surface area (Å²) in [5.41, 5.74) is 2.93. The van der Waals surface area contributed by atoms with Crippen molar-refractivity contribution in [3.8, 4) is 0 Å². The van der Waals surface area contributed by atoms with Crippen LogP contribution < -0.4 is 0 Å². The lowest BCUT2D eigenvalue weighted by Gasteiger charge is -2.26. The van der Waals surface area contributed by atoms with Gasteiger partial charge < -0.3 is 4.74 Å². The molecule has 148 valence electrons. The molecule has 28 heavy (non-hydrogen) atoms. The molecule has 3 rings (SSSR count). The molecule has 2 aromatic carbocycles. The average Bonchev–Trinajstić information content (AvgIpc) is 3.02. The first-order chi connectivity index (χ1) is 13.5. The zero-order chi connectivity index (χ0) is 20.1. The van der Waals surface area contributed by atoms with E-state index in [1.807, 2.05) is 49.4 Å². The Bertz CT molecular complexity index is 948. The number of benzene rings is 2. The van der Waals surface area contributed by atoms with Crippen LogP contribution in [0, 0.1) is 6.92 Å². The van der Waals surface area contributed by atoms with Crippen LogP contribution in [0.1, 0.15) is 48.5 Å². The van der Waals surface area contributed by atoms with Crippen molar-refractivity contribution in [3.63, 3.8) is 0 Å². The van der Waals surface area contributed by atoms with Gasteiger partial charge in [0.1, 0.15) is 0 Å². The molecular formula is C23H27NO3S. The van der Waals surface area contributed by atoms with Crippen LogP contribution in [0.25, 0.3) is 0 Å². The summed E-state index contributed by atoms with van der Waals surface area (Å²) in [6, 6.07) is 13.9. The second kappa shape index (κ2) is 8.76. The summed E-state index contributed by atoms with van der Waals surface area (Å²) in [6.07, 6.45) is 7.15. The fourth-order valence-electron chi connectivity index (χ4n) is 3.47. The Morgan fingerprint density at radius 2 is 1.71 bits per heavy atom. The molecule has 2 aromatic rings. The normalized spacial score (nSPS) is 19.6. The minimum Gasteiger partial charge on any atom is -0.501 e. The maximum atomic E-state index is 13.5. The molecule has 0 N–H and O–H groups in total. The highest BCUT2D eigenvalue weighted by Crippen LogP contribution is 2.46. The third-order valence-electron chi connectivity index (χ3n) is 4.97. The van der Waals surface area contributed by atoms with Crippen molar-refractivity contribution < 1.29 is 13.2 Å². The van der Waals surface area contributed by atoms with E-state index in [2.05, 4.69) is 13.5 Å². The van der Waals surface area contributed by atoms with E-state index in [4.69, 9.17) is 4.74 Å². The van der Waals surface area contributed by atoms with Crippen LogP contribution >= 0.6 is 0 Å². The predicted octanol–water partition coefficient (Wildman–Crippen LogP) is 5.30. The number of rotatable bonds is 8. The molecule has 0 bridgehead atoms. The minimum atomic E-state index is -3.73. The second-order valence-electron chi connectivity index (χ2n) is 6.96. The fourth-order valence-corrected chi connectivity index (χ4v) is 5.18. The van der Waals surface area contributed by atoms with Gasteiger partial charge in [-0.2, -0.15) is 4.31 Å². The van der Waals surface area contributed by atoms with Gasteiger partial charge in [0.2, 0.25) is 10.0 Å². The third kappa shape index (κ3) is 3.91. The van der Waals surface area contributed by atoms with Gasteiger partial charge in [-0.1, -0.05) is 61.4 Å². The van der Waals surface area contributed by atoms with Crippen molar-refractivity contribution in [3.05, 3.63) is 90.2 Å². The zero-order valence-electron chi connectivity index (χ0n) is 16.4. The Balaban J connectivity index is 2.02. The van der Waals surface area contributed by atoms with E-state index in [1.165, 1.54) is 4.31 Å². The molecule has 1 heterocycles. The molecule has 0 saturated heterocycles. The lowest BCUT2D eigenvalue weighted by Crippen LogP contribution is -2.31. The van der Waals surface area contributed by atoms with E-state index in [0.29, 0.717) is 6.61 Å². The highest BCUT2D eigenvalue weighted by atomic mass is 32.2. The SMILES string of the molecule is C=C[C@H]1c2ccccc2[C@@H](/C=C\OCCCC)N1S(=O)(=O)c1ccc(C)cc1. The molecule has 0 amide bonds. The molecule has 0 fully saturated rings. The van der Waals surface area contributed by atoms with Crippen LogP contribution in [-0.4, -0.2) is 19.3 Å². The highest BCUT2D eigenvalue weighted by molar-refractivity contribution is 7.89. The molecule has 0 aliphatic carbocycles. The van der Waals surface area contributed by atoms with Gasteiger partial charge in [0, 0.05) is 0 Å². The van der Waals surface area contributed by atoms with Crippen LogP contribution in [0.5, 0.6) is 0 Å². The smallest absolute Gasteiger partial charge is 0.244 e. The number of hydrogen-bond donors (Lipinski definition) is 0. The molecule has 0 saturated carbocycles. The standard InChI is InChI=1S/C23H27NO3S/c1-4-6-16-27-17-15-23-21-10-8-7-9-20(21)22(5-2)24(23)28(25,26)19-13-11-18(3)12-14-19/h5,7-15,17,22-23H,2,4,6,16H2,1,3H3/b17-15-/t22-,23+/m0/s1. The number of fused-ring (bicyclic) bond motifs is 1. The molecule has 5 heteroatoms. The number of sulfonamides is 1. The van der Waals surface area contributed by atoms with Gasteiger partial charge in [-0.05, 0) is 42.7 Å². The molecule has 0 aromatic heterocycles. The lowest BCUT2D eigenvalue weighted by atomic mass is 10.0. The molecule has 1 aliphatic heterocycles. The van der Waals surface area contributed by atoms with Crippen LogP contribution in [-0.2, 0) is 14.8 Å². The molecule has 4 nitrogen and oxygen atoms in total. The topological polar surface area (TPSA) is 46.6 Å². The van der Waals surface area contributed by atoms with Crippen molar-refractivity contribution in [2.75, 3.05) is 6.61 Å². The maximum Gasteiger partial charge on any atom is 0.244 e. The average molecular weight is 398 g/mol. The maximum absolute atomic E-state index is 13.5. The van der Waals surface area contributed by atoms with E-state index in [0.717, 1.165) is 29.5 Å². The Kier molecular flexibility index (Phi) is 6.37. The first-order valence-corrected chi connectivity index (χ1v) is 11.0. The van der Waals surface area contributed by atoms with Crippen molar-refractivity contribution in [2.45, 2.75) is 43.7 Å². The van der Waals surface area contributed by atoms with E-state index in [-0.39, 0.29) is 4.90 Å². The van der Waals surface area contributed by atoms with Gasteiger partial charge in [-0.15, -0.1) is 6.58 Å². The van der Waals surface area contributed by atoms with E-state index < -0.39 is 22.1 Å². The number of hydrogen-bond acceptors (Lipinski definition) is 3. The summed E-state index contributed by atoms with van der Waals surface area (Å²) < 4.78 is 34.2. The van der Waals surface area contributed by atoms with E-state index in [1.54, 1.807) is 24.5 Å². The van der Waals surface area contributed by atoms with Gasteiger partial charge in [-0.25, -0.2) is 8.42 Å². The Labute approximate surface area is 168 Å². The molecule has 0 radical (unpaired) electrons. The first-order valence-electron chi connectivity index (χ1n) is 9.60. The lowest BCUT2D eigenvalue weighted by molar-refractivity contribution is 0.239. The number of aryl methyl sites for hydroxylation is 1. The largest absolute Gasteiger partial charge is 0.501 e. The second-order valence-corrected chi connectivity index (χ2v) is 8.80. The summed E-state index contributed by atoms with van der Waals surface area (Å²) in [6.45, 7) is 8.57. The van der Waals surface area contributed by atoms with E-state index in [9.17, 15) is 8.42 Å². The van der Waals surface area contributed by atoms with Gasteiger partial charge in [-0.3, -0.25) is 0 Å². The third-order valence-corrected chi connectivity index (χ3v) is 6.85. The van der Waals surface area contributed by atoms with Crippen molar-refractivity contribution in [2.24, 2.45) is 0 Å². The van der Waals surface area contributed by atoms with Crippen molar-refractivity contribution in [1.29, 1.82) is 0 Å². The number of unbranched alkanes of at least 4 members (excludes halogenated alkanes) is 1. The fraction of sp³-hybridized carbons (Fsp3) is 0.304. The molecule has 0 unspecified atom stereocenters. The molecule has 2 atom stereocenters. The number of nitrogens with zero attached hydrogens (tertiary/aromatic N) is 1. The quantitative estimate of drug-likeness (QED) is 0.345. The summed E-state index contributed by atoms with van der Waals surface area (Å²) in [5.74, 6) is 0. The Morgan fingerprint density at radius 3 is 2.32 bits per heavy atom. The minimum absolute atomic E-state index is 0.281. The van der Waals surface area contributed by atoms with Gasteiger partial charge in [0.05, 0.1) is 29.8 Å². The Morgan fingerprint density at radius 1 is 1.07 bits per heavy atom.